The molecule has 2 aromatic carbocycles. The fraction of sp³-hybridized carbons (Fsp3) is 0.182. The van der Waals surface area contributed by atoms with Gasteiger partial charge >= 0.3 is 5.97 Å². The molecule has 160 valence electrons. The molecule has 1 heterocycles. The molecule has 0 saturated carbocycles. The Hall–Kier alpha value is -3.23. The van der Waals surface area contributed by atoms with Crippen LogP contribution < -0.4 is 10.7 Å². The summed E-state index contributed by atoms with van der Waals surface area (Å²) in [7, 11) is 0. The molecule has 0 bridgehead atoms. The Morgan fingerprint density at radius 1 is 1.10 bits per heavy atom. The summed E-state index contributed by atoms with van der Waals surface area (Å²) in [6.45, 7) is 1.74. The van der Waals surface area contributed by atoms with Crippen molar-refractivity contribution in [2.24, 2.45) is 5.10 Å². The van der Waals surface area contributed by atoms with Crippen LogP contribution in [0, 0.1) is 0 Å². The van der Waals surface area contributed by atoms with Crippen LogP contribution in [0.2, 0.25) is 5.02 Å². The number of aliphatic carboxylic acids is 1. The van der Waals surface area contributed by atoms with Crippen molar-refractivity contribution in [2.45, 2.75) is 26.2 Å². The van der Waals surface area contributed by atoms with E-state index in [9.17, 15) is 14.4 Å². The van der Waals surface area contributed by atoms with Gasteiger partial charge in [0.15, 0.2) is 0 Å². The summed E-state index contributed by atoms with van der Waals surface area (Å²) in [6, 6.07) is 14.5. The number of carbonyl (C=O) groups excluding carboxylic acids is 2. The number of hydrogen-bond donors (Lipinski definition) is 3. The van der Waals surface area contributed by atoms with E-state index >= 15 is 0 Å². The molecule has 0 atom stereocenters. The highest BCUT2D eigenvalue weighted by Crippen LogP contribution is 2.34. The summed E-state index contributed by atoms with van der Waals surface area (Å²) in [5.41, 5.74) is 4.35. The van der Waals surface area contributed by atoms with Crippen LogP contribution in [0.4, 0.5) is 5.69 Å². The molecule has 3 aromatic rings. The van der Waals surface area contributed by atoms with E-state index in [1.54, 1.807) is 31.2 Å². The van der Waals surface area contributed by atoms with Crippen molar-refractivity contribution < 1.29 is 19.5 Å². The van der Waals surface area contributed by atoms with E-state index in [1.165, 1.54) is 11.3 Å². The van der Waals surface area contributed by atoms with E-state index in [0.29, 0.717) is 26.9 Å². The largest absolute Gasteiger partial charge is 0.481 e. The van der Waals surface area contributed by atoms with E-state index in [2.05, 4.69) is 15.8 Å². The second-order valence-electron chi connectivity index (χ2n) is 6.76. The van der Waals surface area contributed by atoms with Crippen LogP contribution in [0.25, 0.3) is 10.1 Å². The predicted molar refractivity (Wildman–Crippen MR) is 123 cm³/mol. The van der Waals surface area contributed by atoms with Crippen LogP contribution in [0.3, 0.4) is 0 Å². The molecule has 0 aliphatic heterocycles. The lowest BCUT2D eigenvalue weighted by atomic mass is 10.1. The highest BCUT2D eigenvalue weighted by molar-refractivity contribution is 7.21. The van der Waals surface area contributed by atoms with Gasteiger partial charge in [-0.1, -0.05) is 41.9 Å². The van der Waals surface area contributed by atoms with Crippen LogP contribution in [0.15, 0.2) is 53.6 Å². The topological polar surface area (TPSA) is 108 Å². The molecule has 0 spiro atoms. The van der Waals surface area contributed by atoms with Crippen LogP contribution in [-0.4, -0.2) is 28.6 Å². The molecular formula is C22H20ClN3O4S. The first-order valence-electron chi connectivity index (χ1n) is 9.49. The zero-order valence-electron chi connectivity index (χ0n) is 16.6. The summed E-state index contributed by atoms with van der Waals surface area (Å²) in [5, 5.41) is 16.8. The summed E-state index contributed by atoms with van der Waals surface area (Å²) in [6.07, 6.45) is 0.339. The highest BCUT2D eigenvalue weighted by Gasteiger charge is 2.16. The SMILES string of the molecule is C/C(=N/NC(=O)c1sc2ccccc2c1Cl)c1cccc(NC(=O)CCCC(=O)O)c1. The Morgan fingerprint density at radius 2 is 1.87 bits per heavy atom. The number of carboxylic acids is 1. The highest BCUT2D eigenvalue weighted by atomic mass is 35.5. The number of nitrogens with zero attached hydrogens (tertiary/aromatic N) is 1. The van der Waals surface area contributed by atoms with Gasteiger partial charge in [-0.15, -0.1) is 11.3 Å². The Balaban J connectivity index is 1.65. The molecule has 0 aliphatic rings. The summed E-state index contributed by atoms with van der Waals surface area (Å²) in [4.78, 5) is 35.4. The molecule has 0 aliphatic carbocycles. The van der Waals surface area contributed by atoms with E-state index in [0.717, 1.165) is 10.1 Å². The lowest BCUT2D eigenvalue weighted by Crippen LogP contribution is -2.18. The predicted octanol–water partition coefficient (Wildman–Crippen LogP) is 4.90. The Labute approximate surface area is 187 Å². The number of benzene rings is 2. The molecule has 7 nitrogen and oxygen atoms in total. The van der Waals surface area contributed by atoms with Crippen LogP contribution in [0.1, 0.15) is 41.4 Å². The van der Waals surface area contributed by atoms with Crippen LogP contribution in [-0.2, 0) is 9.59 Å². The number of hydrazone groups is 1. The molecule has 9 heteroatoms. The van der Waals surface area contributed by atoms with Crippen LogP contribution in [0.5, 0.6) is 0 Å². The minimum Gasteiger partial charge on any atom is -0.481 e. The number of fused-ring (bicyclic) bond motifs is 1. The molecule has 3 rings (SSSR count). The molecular weight excluding hydrogens is 438 g/mol. The number of halogens is 1. The maximum atomic E-state index is 12.5. The summed E-state index contributed by atoms with van der Waals surface area (Å²) in [5.74, 6) is -1.59. The number of thiophene rings is 1. The van der Waals surface area contributed by atoms with Crippen molar-refractivity contribution in [3.8, 4) is 0 Å². The Morgan fingerprint density at radius 3 is 2.61 bits per heavy atom. The van der Waals surface area contributed by atoms with Crippen molar-refractivity contribution in [2.75, 3.05) is 5.32 Å². The first-order valence-corrected chi connectivity index (χ1v) is 10.7. The van der Waals surface area contributed by atoms with Crippen molar-refractivity contribution in [1.82, 2.24) is 5.43 Å². The monoisotopic (exact) mass is 457 g/mol. The van der Waals surface area contributed by atoms with Gasteiger partial charge in [-0.3, -0.25) is 14.4 Å². The number of carbonyl (C=O) groups is 3. The van der Waals surface area contributed by atoms with Gasteiger partial charge in [-0.25, -0.2) is 5.43 Å². The van der Waals surface area contributed by atoms with Crippen molar-refractivity contribution in [1.29, 1.82) is 0 Å². The van der Waals surface area contributed by atoms with Crippen molar-refractivity contribution >= 4 is 62.2 Å². The molecule has 0 radical (unpaired) electrons. The number of anilines is 1. The second kappa shape index (κ2) is 10.2. The number of hydrogen-bond acceptors (Lipinski definition) is 5. The van der Waals surface area contributed by atoms with Gasteiger partial charge in [-0.2, -0.15) is 5.10 Å². The zero-order valence-corrected chi connectivity index (χ0v) is 18.2. The average Bonchev–Trinajstić information content (AvgIpc) is 3.08. The standard InChI is InChI=1S/C22H20ClN3O4S/c1-13(14-6-4-7-15(12-14)24-18(27)10-5-11-19(28)29)25-26-22(30)21-20(23)16-8-2-3-9-17(16)31-21/h2-4,6-9,12H,5,10-11H2,1H3,(H,24,27)(H,26,30)(H,28,29)/b25-13-. The Kier molecular flexibility index (Phi) is 7.38. The van der Waals surface area contributed by atoms with Crippen molar-refractivity contribution in [3.63, 3.8) is 0 Å². The minimum atomic E-state index is -0.930. The van der Waals surface area contributed by atoms with Gasteiger partial charge in [0, 0.05) is 28.6 Å². The summed E-state index contributed by atoms with van der Waals surface area (Å²) >= 11 is 7.63. The smallest absolute Gasteiger partial charge is 0.303 e. The van der Waals surface area contributed by atoms with Gasteiger partial charge in [0.05, 0.1) is 10.7 Å². The normalized spacial score (nSPS) is 11.4. The fourth-order valence-corrected chi connectivity index (χ4v) is 4.26. The van der Waals surface area contributed by atoms with Gasteiger partial charge in [0.25, 0.3) is 5.91 Å². The van der Waals surface area contributed by atoms with E-state index in [-0.39, 0.29) is 25.2 Å². The minimum absolute atomic E-state index is 0.0528. The molecule has 0 unspecified atom stereocenters. The lowest BCUT2D eigenvalue weighted by molar-refractivity contribution is -0.137. The lowest BCUT2D eigenvalue weighted by Gasteiger charge is -2.07. The van der Waals surface area contributed by atoms with Gasteiger partial charge in [0.2, 0.25) is 5.91 Å². The number of rotatable bonds is 8. The molecule has 1 aromatic heterocycles. The first kappa shape index (κ1) is 22.5. The molecule has 2 amide bonds. The van der Waals surface area contributed by atoms with E-state index in [4.69, 9.17) is 16.7 Å². The van der Waals surface area contributed by atoms with Crippen LogP contribution >= 0.6 is 22.9 Å². The Bertz CT molecular complexity index is 1170. The molecule has 3 N–H and O–H groups in total. The number of carboxylic acid groups (broad SMARTS) is 1. The van der Waals surface area contributed by atoms with Crippen molar-refractivity contribution in [3.05, 3.63) is 64.0 Å². The molecule has 31 heavy (non-hydrogen) atoms. The maximum Gasteiger partial charge on any atom is 0.303 e. The third-order valence-electron chi connectivity index (χ3n) is 4.42. The quantitative estimate of drug-likeness (QED) is 0.330. The summed E-state index contributed by atoms with van der Waals surface area (Å²) < 4.78 is 0.921. The van der Waals surface area contributed by atoms with E-state index < -0.39 is 11.9 Å². The van der Waals surface area contributed by atoms with Gasteiger partial charge < -0.3 is 10.4 Å². The number of amides is 2. The maximum absolute atomic E-state index is 12.5. The second-order valence-corrected chi connectivity index (χ2v) is 8.19. The number of nitrogens with one attached hydrogen (secondary N) is 2. The molecule has 0 fully saturated rings. The van der Waals surface area contributed by atoms with E-state index in [1.807, 2.05) is 24.3 Å². The fourth-order valence-electron chi connectivity index (χ4n) is 2.86. The molecule has 0 saturated heterocycles. The van der Waals surface area contributed by atoms with Gasteiger partial charge in [0.1, 0.15) is 4.88 Å². The third kappa shape index (κ3) is 5.90. The zero-order chi connectivity index (χ0) is 22.4. The third-order valence-corrected chi connectivity index (χ3v) is 6.10. The average molecular weight is 458 g/mol. The van der Waals surface area contributed by atoms with Gasteiger partial charge in [-0.05, 0) is 37.1 Å². The first-order chi connectivity index (χ1) is 14.8.